The maximum absolute atomic E-state index is 13.8. The Morgan fingerprint density at radius 3 is 2.08 bits per heavy atom. The molecule has 3 N–H and O–H groups in total. The Hall–Kier alpha value is -2.29. The van der Waals surface area contributed by atoms with Gasteiger partial charge in [0.1, 0.15) is 11.4 Å². The zero-order valence-corrected chi connectivity index (χ0v) is 15.1. The van der Waals surface area contributed by atoms with Gasteiger partial charge in [0.15, 0.2) is 0 Å². The fourth-order valence-corrected chi connectivity index (χ4v) is 3.21. The average Bonchev–Trinajstić information content (AvgIpc) is 3.00. The van der Waals surface area contributed by atoms with Gasteiger partial charge in [-0.2, -0.15) is 13.9 Å². The summed E-state index contributed by atoms with van der Waals surface area (Å²) >= 11 is 5.23. The lowest BCUT2D eigenvalue weighted by molar-refractivity contribution is 0.0905. The van der Waals surface area contributed by atoms with E-state index in [1.807, 2.05) is 6.92 Å². The lowest BCUT2D eigenvalue weighted by Gasteiger charge is -2.11. The molecule has 0 aliphatic carbocycles. The van der Waals surface area contributed by atoms with Crippen LogP contribution in [-0.2, 0) is 15.4 Å². The van der Waals surface area contributed by atoms with Crippen molar-refractivity contribution >= 4 is 21.6 Å². The van der Waals surface area contributed by atoms with Crippen molar-refractivity contribution < 1.29 is 17.2 Å². The highest BCUT2D eigenvalue weighted by molar-refractivity contribution is 7.89. The van der Waals surface area contributed by atoms with Crippen LogP contribution >= 0.6 is 11.6 Å². The van der Waals surface area contributed by atoms with Crippen LogP contribution < -0.4 is 5.14 Å². The molecule has 136 valence electrons. The van der Waals surface area contributed by atoms with Crippen LogP contribution in [0.15, 0.2) is 53.4 Å². The van der Waals surface area contributed by atoms with E-state index in [0.29, 0.717) is 11.1 Å². The number of aryl methyl sites for hydroxylation is 1. The van der Waals surface area contributed by atoms with Crippen molar-refractivity contribution in [1.82, 2.24) is 10.2 Å². The number of nitrogens with one attached hydrogen (secondary N) is 1. The molecule has 3 rings (SSSR count). The molecule has 1 aromatic heterocycles. The van der Waals surface area contributed by atoms with E-state index in [1.54, 1.807) is 24.3 Å². The number of benzene rings is 2. The summed E-state index contributed by atoms with van der Waals surface area (Å²) in [4.78, 5) is -0.0865. The third-order valence-electron chi connectivity index (χ3n) is 3.85. The second-order valence-corrected chi connectivity index (χ2v) is 7.79. The number of aromatic amines is 1. The molecule has 1 heterocycles. The summed E-state index contributed by atoms with van der Waals surface area (Å²) in [6.45, 7) is 1.88. The van der Waals surface area contributed by atoms with Crippen molar-refractivity contribution in [3.63, 3.8) is 0 Å². The van der Waals surface area contributed by atoms with E-state index < -0.39 is 21.1 Å². The second-order valence-electron chi connectivity index (χ2n) is 5.76. The van der Waals surface area contributed by atoms with Gasteiger partial charge < -0.3 is 0 Å². The molecule has 0 saturated carbocycles. The van der Waals surface area contributed by atoms with E-state index in [-0.39, 0.29) is 16.2 Å². The maximum Gasteiger partial charge on any atom is 0.364 e. The molecule has 5 nitrogen and oxygen atoms in total. The van der Waals surface area contributed by atoms with Crippen molar-refractivity contribution in [2.45, 2.75) is 17.2 Å². The first-order valence-corrected chi connectivity index (χ1v) is 9.35. The number of alkyl halides is 3. The minimum atomic E-state index is -3.86. The highest BCUT2D eigenvalue weighted by Gasteiger charge is 2.35. The minimum absolute atomic E-state index is 0.0865. The maximum atomic E-state index is 13.8. The summed E-state index contributed by atoms with van der Waals surface area (Å²) in [6, 6.07) is 12.4. The molecule has 0 saturated heterocycles. The van der Waals surface area contributed by atoms with Crippen LogP contribution in [0.4, 0.5) is 8.78 Å². The monoisotopic (exact) mass is 397 g/mol. The largest absolute Gasteiger partial charge is 0.364 e. The van der Waals surface area contributed by atoms with Crippen LogP contribution in [0.2, 0.25) is 0 Å². The van der Waals surface area contributed by atoms with Gasteiger partial charge in [-0.25, -0.2) is 13.6 Å². The summed E-state index contributed by atoms with van der Waals surface area (Å²) in [5.74, 6) is 0. The molecule has 0 fully saturated rings. The number of H-pyrrole nitrogens is 1. The van der Waals surface area contributed by atoms with Crippen LogP contribution in [0, 0.1) is 6.92 Å². The zero-order chi connectivity index (χ0) is 19.1. The van der Waals surface area contributed by atoms with Gasteiger partial charge in [-0.15, -0.1) is 0 Å². The third kappa shape index (κ3) is 3.62. The van der Waals surface area contributed by atoms with Crippen LogP contribution in [0.5, 0.6) is 0 Å². The molecule has 0 atom stereocenters. The lowest BCUT2D eigenvalue weighted by Crippen LogP contribution is -2.11. The van der Waals surface area contributed by atoms with Gasteiger partial charge >= 0.3 is 5.38 Å². The number of halogens is 3. The summed E-state index contributed by atoms with van der Waals surface area (Å²) in [6.07, 6.45) is 0. The van der Waals surface area contributed by atoms with Gasteiger partial charge in [0.2, 0.25) is 10.0 Å². The molecule has 26 heavy (non-hydrogen) atoms. The first-order valence-electron chi connectivity index (χ1n) is 7.43. The van der Waals surface area contributed by atoms with Gasteiger partial charge in [0.25, 0.3) is 0 Å². The third-order valence-corrected chi connectivity index (χ3v) is 4.96. The highest BCUT2D eigenvalue weighted by atomic mass is 35.5. The van der Waals surface area contributed by atoms with Crippen LogP contribution in [0.25, 0.3) is 22.4 Å². The van der Waals surface area contributed by atoms with Crippen LogP contribution in [-0.4, -0.2) is 18.6 Å². The number of sulfonamides is 1. The molecular formula is C17H14ClF2N3O2S. The van der Waals surface area contributed by atoms with Gasteiger partial charge in [0, 0.05) is 11.1 Å². The topological polar surface area (TPSA) is 88.8 Å². The Bertz CT molecular complexity index is 1040. The molecule has 2 aromatic carbocycles. The Labute approximate surface area is 153 Å². The highest BCUT2D eigenvalue weighted by Crippen LogP contribution is 2.42. The molecule has 0 unspecified atom stereocenters. The molecule has 0 radical (unpaired) electrons. The van der Waals surface area contributed by atoms with Gasteiger partial charge in [-0.05, 0) is 36.2 Å². The SMILES string of the molecule is Cc1ccc(-c2c(-c3ccc(S(N)(=O)=O)cc3)n[nH]c2C(F)(F)Cl)cc1. The van der Waals surface area contributed by atoms with Crippen LogP contribution in [0.3, 0.4) is 0 Å². The van der Waals surface area contributed by atoms with Gasteiger partial charge in [-0.3, -0.25) is 5.10 Å². The Morgan fingerprint density at radius 2 is 1.58 bits per heavy atom. The van der Waals surface area contributed by atoms with E-state index in [4.69, 9.17) is 16.7 Å². The fourth-order valence-electron chi connectivity index (χ4n) is 2.56. The summed E-state index contributed by atoms with van der Waals surface area (Å²) in [5, 5.41) is 7.70. The molecular weight excluding hydrogens is 384 g/mol. The Balaban J connectivity index is 2.19. The fraction of sp³-hybridized carbons (Fsp3) is 0.118. The number of primary sulfonamides is 1. The molecule has 0 bridgehead atoms. The van der Waals surface area contributed by atoms with E-state index >= 15 is 0 Å². The molecule has 0 aliphatic rings. The minimum Gasteiger partial charge on any atom is -0.274 e. The number of rotatable bonds is 4. The van der Waals surface area contributed by atoms with E-state index in [0.717, 1.165) is 5.56 Å². The average molecular weight is 398 g/mol. The summed E-state index contributed by atoms with van der Waals surface area (Å²) in [7, 11) is -3.86. The number of aromatic nitrogens is 2. The van der Waals surface area contributed by atoms with Crippen molar-refractivity contribution in [3.05, 3.63) is 59.8 Å². The quantitative estimate of drug-likeness (QED) is 0.652. The molecule has 9 heteroatoms. The normalized spacial score (nSPS) is 12.3. The number of hydrogen-bond acceptors (Lipinski definition) is 3. The molecule has 0 spiro atoms. The van der Waals surface area contributed by atoms with Crippen molar-refractivity contribution in [3.8, 4) is 22.4 Å². The van der Waals surface area contributed by atoms with Gasteiger partial charge in [0.05, 0.1) is 4.90 Å². The lowest BCUT2D eigenvalue weighted by atomic mass is 9.98. The standard InChI is InChI=1S/C17H14ClF2N3O2S/c1-10-2-4-11(5-3-10)14-15(22-23-16(14)17(18,19)20)12-6-8-13(9-7-12)26(21,24)25/h2-9H,1H3,(H,22,23)(H2,21,24,25). The van der Waals surface area contributed by atoms with Crippen molar-refractivity contribution in [2.75, 3.05) is 0 Å². The first-order chi connectivity index (χ1) is 12.1. The first kappa shape index (κ1) is 18.5. The van der Waals surface area contributed by atoms with E-state index in [1.165, 1.54) is 24.3 Å². The predicted molar refractivity (Wildman–Crippen MR) is 95.3 cm³/mol. The van der Waals surface area contributed by atoms with Crippen LogP contribution in [0.1, 0.15) is 11.3 Å². The van der Waals surface area contributed by atoms with E-state index in [2.05, 4.69) is 10.2 Å². The Kier molecular flexibility index (Phi) is 4.60. The molecule has 0 aliphatic heterocycles. The van der Waals surface area contributed by atoms with Gasteiger partial charge in [-0.1, -0.05) is 42.0 Å². The van der Waals surface area contributed by atoms with Crippen molar-refractivity contribution in [1.29, 1.82) is 0 Å². The van der Waals surface area contributed by atoms with E-state index in [9.17, 15) is 17.2 Å². The molecule has 3 aromatic rings. The Morgan fingerprint density at radius 1 is 1.04 bits per heavy atom. The summed E-state index contributed by atoms with van der Waals surface area (Å²) < 4.78 is 50.4. The number of nitrogens with two attached hydrogens (primary N) is 1. The molecule has 0 amide bonds. The predicted octanol–water partition coefficient (Wildman–Crippen LogP) is 3.99. The second kappa shape index (κ2) is 6.46. The zero-order valence-electron chi connectivity index (χ0n) is 13.5. The number of hydrogen-bond donors (Lipinski definition) is 2. The summed E-state index contributed by atoms with van der Waals surface area (Å²) in [5.41, 5.74) is 1.75. The number of nitrogens with zero attached hydrogens (tertiary/aromatic N) is 1. The smallest absolute Gasteiger partial charge is 0.274 e. The van der Waals surface area contributed by atoms with Crippen molar-refractivity contribution in [2.24, 2.45) is 5.14 Å².